The third-order valence-electron chi connectivity index (χ3n) is 0.936. The predicted molar refractivity (Wildman–Crippen MR) is 39.5 cm³/mol. The zero-order chi connectivity index (χ0) is 7.40. The molecule has 0 bridgehead atoms. The van der Waals surface area contributed by atoms with Gasteiger partial charge in [0.05, 0.1) is 0 Å². The highest BCUT2D eigenvalue weighted by molar-refractivity contribution is 7.78. The van der Waals surface area contributed by atoms with E-state index < -0.39 is 5.82 Å². The maximum atomic E-state index is 12.6. The maximum absolute atomic E-state index is 12.6. The minimum atomic E-state index is -0.455. The van der Waals surface area contributed by atoms with E-state index in [1.165, 1.54) is 12.1 Å². The number of hydrogen-bond donors (Lipinski definition) is 0. The fourth-order valence-electron chi connectivity index (χ4n) is 0.539. The van der Waals surface area contributed by atoms with Crippen molar-refractivity contribution in [3.8, 4) is 5.75 Å². The Kier molecular flexibility index (Phi) is 2.34. The number of benzene rings is 1. The minimum Gasteiger partial charge on any atom is -0.450 e. The lowest BCUT2D eigenvalue weighted by molar-refractivity contribution is 0.510. The molecule has 1 nitrogen and oxygen atoms in total. The van der Waals surface area contributed by atoms with Gasteiger partial charge in [0.1, 0.15) is 0 Å². The molecule has 3 heteroatoms. The molecule has 0 N–H and O–H groups in total. The van der Waals surface area contributed by atoms with Crippen molar-refractivity contribution in [1.82, 2.24) is 0 Å². The first-order valence-corrected chi connectivity index (χ1v) is 3.08. The molecule has 0 aliphatic carbocycles. The number of hydrogen-bond acceptors (Lipinski definition) is 2. The molecule has 1 aromatic rings. The summed E-state index contributed by atoms with van der Waals surface area (Å²) in [6, 6.07) is 6.91. The summed E-state index contributed by atoms with van der Waals surface area (Å²) < 4.78 is 17.1. The summed E-state index contributed by atoms with van der Waals surface area (Å²) in [5.74, 6) is -0.416. The summed E-state index contributed by atoms with van der Waals surface area (Å²) >= 11 is 4.36. The van der Waals surface area contributed by atoms with E-state index in [1.807, 2.05) is 0 Å². The summed E-state index contributed by atoms with van der Waals surface area (Å²) in [7, 11) is 0. The molecular weight excluding hydrogens is 151 g/mol. The molecule has 0 aliphatic rings. The molecule has 1 radical (unpaired) electrons. The highest BCUT2D eigenvalue weighted by Crippen LogP contribution is 2.13. The summed E-state index contributed by atoms with van der Waals surface area (Å²) in [4.78, 5) is 0. The lowest BCUT2D eigenvalue weighted by Gasteiger charge is -1.96. The summed E-state index contributed by atoms with van der Waals surface area (Å²) in [6.07, 6.45) is 0. The van der Waals surface area contributed by atoms with Gasteiger partial charge < -0.3 is 4.74 Å². The van der Waals surface area contributed by atoms with Crippen molar-refractivity contribution in [2.75, 3.05) is 0 Å². The molecular formula is C7H4FOS. The molecule has 0 spiro atoms. The Morgan fingerprint density at radius 1 is 1.70 bits per heavy atom. The van der Waals surface area contributed by atoms with Crippen molar-refractivity contribution in [1.29, 1.82) is 0 Å². The molecule has 10 heavy (non-hydrogen) atoms. The molecule has 51 valence electrons. The van der Waals surface area contributed by atoms with E-state index in [0.29, 0.717) is 0 Å². The smallest absolute Gasteiger partial charge is 0.171 e. The Hall–Kier alpha value is -0.960. The van der Waals surface area contributed by atoms with Gasteiger partial charge in [-0.1, -0.05) is 12.1 Å². The fraction of sp³-hybridized carbons (Fsp3) is 0. The molecule has 0 fully saturated rings. The zero-order valence-corrected chi connectivity index (χ0v) is 5.82. The lowest BCUT2D eigenvalue weighted by Crippen LogP contribution is -1.89. The Morgan fingerprint density at radius 3 is 3.10 bits per heavy atom. The Labute approximate surface area is 63.4 Å². The third-order valence-corrected chi connectivity index (χ3v) is 1.03. The normalized spacial score (nSPS) is 8.90. The predicted octanol–water partition coefficient (Wildman–Crippen LogP) is 1.96. The average Bonchev–Trinajstić information content (AvgIpc) is 1.94. The van der Waals surface area contributed by atoms with E-state index in [4.69, 9.17) is 0 Å². The van der Waals surface area contributed by atoms with E-state index >= 15 is 0 Å². The Bertz CT molecular complexity index is 237. The summed E-state index contributed by atoms with van der Waals surface area (Å²) in [5.41, 5.74) is 0.995. The molecule has 0 unspecified atom stereocenters. The first-order valence-electron chi connectivity index (χ1n) is 2.61. The van der Waals surface area contributed by atoms with Crippen LogP contribution < -0.4 is 4.74 Å². The number of ether oxygens (including phenoxy) is 1. The number of thiocarbonyl (C=S) groups is 1. The van der Waals surface area contributed by atoms with Crippen LogP contribution in [0, 0.1) is 11.9 Å². The van der Waals surface area contributed by atoms with Crippen molar-refractivity contribution < 1.29 is 9.13 Å². The van der Waals surface area contributed by atoms with Gasteiger partial charge in [-0.25, -0.2) is 4.39 Å². The molecule has 0 saturated carbocycles. The molecule has 0 saturated heterocycles. The van der Waals surface area contributed by atoms with Crippen LogP contribution in [0.3, 0.4) is 0 Å². The van der Waals surface area contributed by atoms with Gasteiger partial charge in [0, 0.05) is 6.07 Å². The van der Waals surface area contributed by atoms with Gasteiger partial charge in [-0.3, -0.25) is 0 Å². The molecule has 1 aromatic carbocycles. The van der Waals surface area contributed by atoms with Crippen molar-refractivity contribution in [3.63, 3.8) is 0 Å². The van der Waals surface area contributed by atoms with Crippen LogP contribution in [0.4, 0.5) is 4.39 Å². The highest BCUT2D eigenvalue weighted by atomic mass is 32.1. The average molecular weight is 155 g/mol. The largest absolute Gasteiger partial charge is 0.450 e. The van der Waals surface area contributed by atoms with Crippen molar-refractivity contribution >= 4 is 17.8 Å². The standard InChI is InChI=1S/C7H4FOS/c8-6-3-1-2-4-7(6)9-5-10/h1-3,5H. The van der Waals surface area contributed by atoms with Crippen molar-refractivity contribution in [2.24, 2.45) is 0 Å². The molecule has 0 aromatic heterocycles. The van der Waals surface area contributed by atoms with Gasteiger partial charge in [-0.15, -0.1) is 0 Å². The van der Waals surface area contributed by atoms with Crippen LogP contribution in [-0.2, 0) is 0 Å². The second-order valence-corrected chi connectivity index (χ2v) is 1.75. The number of halogens is 1. The van der Waals surface area contributed by atoms with Gasteiger partial charge in [0.15, 0.2) is 17.1 Å². The first-order chi connectivity index (χ1) is 4.84. The number of rotatable bonds is 2. The van der Waals surface area contributed by atoms with Crippen LogP contribution in [0.5, 0.6) is 5.75 Å². The summed E-state index contributed by atoms with van der Waals surface area (Å²) in [6.45, 7) is 0. The maximum Gasteiger partial charge on any atom is 0.171 e. The van der Waals surface area contributed by atoms with Gasteiger partial charge >= 0.3 is 0 Å². The van der Waals surface area contributed by atoms with Crippen LogP contribution in [0.25, 0.3) is 0 Å². The van der Waals surface area contributed by atoms with Gasteiger partial charge in [0.25, 0.3) is 0 Å². The topological polar surface area (TPSA) is 9.23 Å². The number of para-hydroxylation sites is 1. The monoisotopic (exact) mass is 155 g/mol. The van der Waals surface area contributed by atoms with Crippen LogP contribution in [0.1, 0.15) is 0 Å². The molecule has 1 rings (SSSR count). The van der Waals surface area contributed by atoms with E-state index in [-0.39, 0.29) is 5.75 Å². The van der Waals surface area contributed by atoms with Crippen LogP contribution in [0.2, 0.25) is 0 Å². The zero-order valence-electron chi connectivity index (χ0n) is 5.00. The Morgan fingerprint density at radius 2 is 2.50 bits per heavy atom. The van der Waals surface area contributed by atoms with Gasteiger partial charge in [-0.2, -0.15) is 0 Å². The quantitative estimate of drug-likeness (QED) is 0.604. The first kappa shape index (κ1) is 7.15. The lowest BCUT2D eigenvalue weighted by atomic mass is 10.3. The Balaban J connectivity index is 2.91. The SMILES string of the molecule is Fc1ccc[c]c1OC=S. The van der Waals surface area contributed by atoms with Crippen molar-refractivity contribution in [2.45, 2.75) is 0 Å². The second-order valence-electron chi connectivity index (χ2n) is 1.56. The highest BCUT2D eigenvalue weighted by Gasteiger charge is 1.97. The van der Waals surface area contributed by atoms with Crippen LogP contribution in [-0.4, -0.2) is 5.55 Å². The molecule has 0 heterocycles. The van der Waals surface area contributed by atoms with E-state index in [1.54, 1.807) is 6.07 Å². The van der Waals surface area contributed by atoms with Crippen LogP contribution >= 0.6 is 12.2 Å². The molecule has 0 atom stereocenters. The van der Waals surface area contributed by atoms with E-state index in [9.17, 15) is 4.39 Å². The van der Waals surface area contributed by atoms with Gasteiger partial charge in [0.2, 0.25) is 0 Å². The third kappa shape index (κ3) is 1.51. The van der Waals surface area contributed by atoms with E-state index in [0.717, 1.165) is 5.55 Å². The fourth-order valence-corrected chi connectivity index (χ4v) is 0.636. The molecule has 0 aliphatic heterocycles. The molecule has 0 amide bonds. The van der Waals surface area contributed by atoms with Crippen molar-refractivity contribution in [3.05, 3.63) is 30.1 Å². The summed E-state index contributed by atoms with van der Waals surface area (Å²) in [5, 5.41) is 0. The van der Waals surface area contributed by atoms with Gasteiger partial charge in [-0.05, 0) is 18.3 Å². The minimum absolute atomic E-state index is 0.0394. The van der Waals surface area contributed by atoms with E-state index in [2.05, 4.69) is 23.0 Å². The van der Waals surface area contributed by atoms with Crippen LogP contribution in [0.15, 0.2) is 18.2 Å². The second kappa shape index (κ2) is 3.27.